The van der Waals surface area contributed by atoms with E-state index in [0.29, 0.717) is 12.2 Å². The predicted octanol–water partition coefficient (Wildman–Crippen LogP) is 2.63. The molecule has 2 N–H and O–H groups in total. The molecule has 2 amide bonds. The average molecular weight is 554 g/mol. The zero-order valence-corrected chi connectivity index (χ0v) is 23.6. The molecule has 8 nitrogen and oxygen atoms in total. The van der Waals surface area contributed by atoms with Gasteiger partial charge in [0.05, 0.1) is 12.7 Å². The molecule has 1 atom stereocenters. The van der Waals surface area contributed by atoms with E-state index in [1.807, 2.05) is 30.3 Å². The fourth-order valence-corrected chi connectivity index (χ4v) is 4.60. The lowest BCUT2D eigenvalue weighted by Gasteiger charge is -2.39. The Hall–Kier alpha value is -4.29. The highest BCUT2D eigenvalue weighted by atomic mass is 16.5. The van der Waals surface area contributed by atoms with Gasteiger partial charge in [-0.25, -0.2) is 0 Å². The van der Waals surface area contributed by atoms with Crippen molar-refractivity contribution in [2.24, 2.45) is 0 Å². The number of rotatable bonds is 10. The van der Waals surface area contributed by atoms with Crippen LogP contribution in [0.25, 0.3) is 0 Å². The number of benzene rings is 3. The third-order valence-corrected chi connectivity index (χ3v) is 7.43. The topological polar surface area (TPSA) is 99.2 Å². The van der Waals surface area contributed by atoms with Crippen LogP contribution in [0.5, 0.6) is 0 Å². The van der Waals surface area contributed by atoms with Crippen molar-refractivity contribution in [3.8, 4) is 11.8 Å². The van der Waals surface area contributed by atoms with Crippen molar-refractivity contribution in [3.05, 3.63) is 107 Å². The molecule has 212 valence electrons. The summed E-state index contributed by atoms with van der Waals surface area (Å²) in [5.74, 6) is 4.27. The molecule has 0 unspecified atom stereocenters. The number of nitrogens with zero attached hydrogens (tertiary/aromatic N) is 2. The number of carbonyl (C=O) groups excluding carboxylic acids is 3. The van der Waals surface area contributed by atoms with Crippen LogP contribution in [0.3, 0.4) is 0 Å². The van der Waals surface area contributed by atoms with E-state index >= 15 is 0 Å². The molecule has 1 aliphatic heterocycles. The SMILES string of the molecule is CNC(=O)[C@@](C)(C(=O)CO)N(C)C(=O)c1ccc(C#Cc2ccc(CN3CC(OCc4ccccc4)C3)cc2)cc1. The molecule has 4 rings (SSSR count). The number of carbonyl (C=O) groups is 3. The molecule has 1 saturated heterocycles. The maximum atomic E-state index is 13.0. The number of likely N-dealkylation sites (tertiary alicyclic amines) is 1. The lowest BCUT2D eigenvalue weighted by atomic mass is 9.92. The molecular formula is C33H35N3O5. The van der Waals surface area contributed by atoms with Gasteiger partial charge in [0, 0.05) is 50.4 Å². The minimum atomic E-state index is -1.83. The number of ether oxygens (including phenoxy) is 1. The lowest BCUT2D eigenvalue weighted by molar-refractivity contribution is -0.143. The Labute approximate surface area is 240 Å². The Morgan fingerprint density at radius 2 is 1.54 bits per heavy atom. The van der Waals surface area contributed by atoms with Gasteiger partial charge in [-0.3, -0.25) is 19.3 Å². The fraction of sp³-hybridized carbons (Fsp3) is 0.303. The Bertz CT molecular complexity index is 1400. The van der Waals surface area contributed by atoms with Crippen molar-refractivity contribution in [3.63, 3.8) is 0 Å². The molecule has 0 saturated carbocycles. The molecule has 0 radical (unpaired) electrons. The number of hydrogen-bond donors (Lipinski definition) is 2. The highest BCUT2D eigenvalue weighted by Crippen LogP contribution is 2.20. The fourth-order valence-electron chi connectivity index (χ4n) is 4.60. The van der Waals surface area contributed by atoms with Gasteiger partial charge in [-0.05, 0) is 54.4 Å². The number of amides is 2. The van der Waals surface area contributed by atoms with Gasteiger partial charge in [0.1, 0.15) is 6.61 Å². The van der Waals surface area contributed by atoms with Crippen molar-refractivity contribution in [2.75, 3.05) is 33.8 Å². The first-order chi connectivity index (χ1) is 19.7. The van der Waals surface area contributed by atoms with Crippen LogP contribution in [0.2, 0.25) is 0 Å². The predicted molar refractivity (Wildman–Crippen MR) is 156 cm³/mol. The summed E-state index contributed by atoms with van der Waals surface area (Å²) in [7, 11) is 2.73. The molecule has 3 aromatic carbocycles. The first kappa shape index (κ1) is 29.7. The first-order valence-electron chi connectivity index (χ1n) is 13.5. The maximum Gasteiger partial charge on any atom is 0.254 e. The molecule has 8 heteroatoms. The minimum Gasteiger partial charge on any atom is -0.388 e. The van der Waals surface area contributed by atoms with Gasteiger partial charge in [0.15, 0.2) is 11.3 Å². The molecule has 0 spiro atoms. The summed E-state index contributed by atoms with van der Waals surface area (Å²) >= 11 is 0. The van der Waals surface area contributed by atoms with Crippen LogP contribution < -0.4 is 5.32 Å². The van der Waals surface area contributed by atoms with Gasteiger partial charge >= 0.3 is 0 Å². The molecule has 41 heavy (non-hydrogen) atoms. The number of nitrogens with one attached hydrogen (secondary N) is 1. The second kappa shape index (κ2) is 13.4. The largest absolute Gasteiger partial charge is 0.388 e. The van der Waals surface area contributed by atoms with Crippen LogP contribution in [0, 0.1) is 11.8 Å². The van der Waals surface area contributed by atoms with Crippen molar-refractivity contribution in [2.45, 2.75) is 31.7 Å². The number of likely N-dealkylation sites (N-methyl/N-ethyl adjacent to an activating group) is 2. The number of ketones is 1. The molecule has 0 bridgehead atoms. The van der Waals surface area contributed by atoms with E-state index in [1.165, 1.54) is 32.1 Å². The van der Waals surface area contributed by atoms with E-state index in [-0.39, 0.29) is 6.10 Å². The van der Waals surface area contributed by atoms with Gasteiger partial charge in [-0.15, -0.1) is 0 Å². The van der Waals surface area contributed by atoms with Crippen LogP contribution in [0.15, 0.2) is 78.9 Å². The van der Waals surface area contributed by atoms with Crippen molar-refractivity contribution >= 4 is 17.6 Å². The molecule has 1 heterocycles. The molecule has 1 fully saturated rings. The number of aliphatic hydroxyl groups is 1. The van der Waals surface area contributed by atoms with E-state index in [1.54, 1.807) is 24.3 Å². The summed E-state index contributed by atoms with van der Waals surface area (Å²) in [5.41, 5.74) is 2.46. The summed E-state index contributed by atoms with van der Waals surface area (Å²) in [4.78, 5) is 41.2. The summed E-state index contributed by atoms with van der Waals surface area (Å²) in [6.07, 6.45) is 0.269. The molecule has 3 aromatic rings. The lowest BCUT2D eigenvalue weighted by Crippen LogP contribution is -2.62. The molecule has 0 aliphatic carbocycles. The summed E-state index contributed by atoms with van der Waals surface area (Å²) in [5, 5.41) is 11.7. The van der Waals surface area contributed by atoms with Gasteiger partial charge in [0.25, 0.3) is 11.8 Å². The van der Waals surface area contributed by atoms with E-state index < -0.39 is 29.7 Å². The highest BCUT2D eigenvalue weighted by Gasteiger charge is 2.46. The first-order valence-corrected chi connectivity index (χ1v) is 13.5. The smallest absolute Gasteiger partial charge is 0.254 e. The van der Waals surface area contributed by atoms with Crippen LogP contribution >= 0.6 is 0 Å². The summed E-state index contributed by atoms with van der Waals surface area (Å²) in [6.45, 7) is 3.81. The zero-order valence-electron chi connectivity index (χ0n) is 23.6. The van der Waals surface area contributed by atoms with Gasteiger partial charge in [-0.1, -0.05) is 54.3 Å². The third-order valence-electron chi connectivity index (χ3n) is 7.43. The summed E-state index contributed by atoms with van der Waals surface area (Å²) in [6, 6.07) is 25.0. The standard InChI is InChI=1S/C33H35N3O5/c1-33(30(38)22-37,32(40)34-2)35(3)31(39)28-17-15-25(16-18-28)10-9-24-11-13-26(14-12-24)19-36-20-29(21-36)41-23-27-7-5-4-6-8-27/h4-8,11-18,29,37H,19-23H2,1-3H3,(H,34,40)/t33-/m1/s1. The summed E-state index contributed by atoms with van der Waals surface area (Å²) < 4.78 is 5.98. The van der Waals surface area contributed by atoms with Crippen molar-refractivity contribution in [1.82, 2.24) is 15.1 Å². The van der Waals surface area contributed by atoms with Gasteiger partial charge < -0.3 is 20.1 Å². The highest BCUT2D eigenvalue weighted by molar-refractivity contribution is 6.14. The van der Waals surface area contributed by atoms with Crippen LogP contribution in [0.1, 0.15) is 39.5 Å². The quantitative estimate of drug-likeness (QED) is 0.296. The van der Waals surface area contributed by atoms with Gasteiger partial charge in [0.2, 0.25) is 0 Å². The molecular weight excluding hydrogens is 518 g/mol. The monoisotopic (exact) mass is 553 g/mol. The van der Waals surface area contributed by atoms with Gasteiger partial charge in [-0.2, -0.15) is 0 Å². The third kappa shape index (κ3) is 7.08. The second-order valence-electron chi connectivity index (χ2n) is 10.2. The number of Topliss-reactive ketones (excluding diaryl/α,β-unsaturated/α-hetero) is 1. The van der Waals surface area contributed by atoms with Crippen LogP contribution in [-0.4, -0.2) is 77.9 Å². The average Bonchev–Trinajstić information content (AvgIpc) is 3.00. The molecule has 0 aromatic heterocycles. The Kier molecular flexibility index (Phi) is 9.69. The van der Waals surface area contributed by atoms with E-state index in [4.69, 9.17) is 4.74 Å². The minimum absolute atomic E-state index is 0.269. The van der Waals surface area contributed by atoms with Crippen LogP contribution in [0.4, 0.5) is 0 Å². The van der Waals surface area contributed by atoms with Crippen molar-refractivity contribution in [1.29, 1.82) is 0 Å². The Balaban J connectivity index is 1.29. The second-order valence-corrected chi connectivity index (χ2v) is 10.2. The van der Waals surface area contributed by atoms with Crippen molar-refractivity contribution < 1.29 is 24.2 Å². The Morgan fingerprint density at radius 1 is 0.951 bits per heavy atom. The number of hydrogen-bond acceptors (Lipinski definition) is 6. The number of aliphatic hydroxyl groups excluding tert-OH is 1. The van der Waals surface area contributed by atoms with Crippen LogP contribution in [-0.2, 0) is 27.5 Å². The maximum absolute atomic E-state index is 13.0. The normalized spacial score (nSPS) is 14.6. The van der Waals surface area contributed by atoms with E-state index in [2.05, 4.69) is 46.3 Å². The zero-order chi connectivity index (χ0) is 29.4. The molecule has 1 aliphatic rings. The van der Waals surface area contributed by atoms with E-state index in [0.717, 1.165) is 35.7 Å². The Morgan fingerprint density at radius 3 is 2.10 bits per heavy atom. The van der Waals surface area contributed by atoms with E-state index in [9.17, 15) is 19.5 Å².